The maximum atomic E-state index is 11.7. The largest absolute Gasteiger partial charge is 0.508 e. The van der Waals surface area contributed by atoms with Gasteiger partial charge in [-0.3, -0.25) is 4.79 Å². The summed E-state index contributed by atoms with van der Waals surface area (Å²) < 4.78 is 0. The number of benzene rings is 1. The van der Waals surface area contributed by atoms with Gasteiger partial charge in [-0.15, -0.1) is 0 Å². The van der Waals surface area contributed by atoms with E-state index >= 15 is 0 Å². The minimum absolute atomic E-state index is 0.131. The molecule has 1 rings (SSSR count). The molecule has 0 saturated heterocycles. The smallest absolute Gasteiger partial charge is 0.251 e. The Kier molecular flexibility index (Phi) is 5.35. The number of amides is 1. The molecule has 1 atom stereocenters. The number of aromatic hydroxyl groups is 1. The lowest BCUT2D eigenvalue weighted by Crippen LogP contribution is -2.25. The van der Waals surface area contributed by atoms with Crippen LogP contribution in [0.5, 0.6) is 5.75 Å². The van der Waals surface area contributed by atoms with Crippen LogP contribution >= 0.6 is 11.8 Å². The molecule has 0 heterocycles. The third-order valence-electron chi connectivity index (χ3n) is 2.71. The Balaban J connectivity index is 2.50. The molecule has 0 bridgehead atoms. The third-order valence-corrected chi connectivity index (χ3v) is 3.75. The van der Waals surface area contributed by atoms with Crippen LogP contribution in [0.15, 0.2) is 18.2 Å². The minimum Gasteiger partial charge on any atom is -0.508 e. The molecule has 0 saturated carbocycles. The van der Waals surface area contributed by atoms with E-state index in [2.05, 4.69) is 18.5 Å². The lowest BCUT2D eigenvalue weighted by atomic mass is 10.1. The van der Waals surface area contributed by atoms with Crippen LogP contribution in [0.25, 0.3) is 0 Å². The molecule has 94 valence electrons. The average Bonchev–Trinajstić information content (AvgIpc) is 2.32. The first-order valence-corrected chi connectivity index (χ1v) is 6.94. The number of hydrogen-bond acceptors (Lipinski definition) is 3. The van der Waals surface area contributed by atoms with Gasteiger partial charge in [0.2, 0.25) is 0 Å². The van der Waals surface area contributed by atoms with Crippen molar-refractivity contribution in [2.24, 2.45) is 0 Å². The highest BCUT2D eigenvalue weighted by molar-refractivity contribution is 7.99. The van der Waals surface area contributed by atoms with Gasteiger partial charge in [-0.05, 0) is 37.3 Å². The summed E-state index contributed by atoms with van der Waals surface area (Å²) in [5.74, 6) is 0.0312. The fourth-order valence-electron chi connectivity index (χ4n) is 1.36. The van der Waals surface area contributed by atoms with E-state index in [9.17, 15) is 9.90 Å². The first-order valence-electron chi connectivity index (χ1n) is 5.65. The highest BCUT2D eigenvalue weighted by atomic mass is 32.2. The molecular formula is C13H19NO2S. The number of phenols is 1. The van der Waals surface area contributed by atoms with E-state index in [1.807, 2.05) is 0 Å². The van der Waals surface area contributed by atoms with Crippen LogP contribution in [0.2, 0.25) is 0 Å². The van der Waals surface area contributed by atoms with E-state index in [0.717, 1.165) is 12.0 Å². The second kappa shape index (κ2) is 6.55. The van der Waals surface area contributed by atoms with E-state index in [4.69, 9.17) is 0 Å². The van der Waals surface area contributed by atoms with Crippen molar-refractivity contribution >= 4 is 17.7 Å². The van der Waals surface area contributed by atoms with Crippen molar-refractivity contribution in [2.45, 2.75) is 25.5 Å². The van der Waals surface area contributed by atoms with Gasteiger partial charge in [0.1, 0.15) is 5.75 Å². The predicted octanol–water partition coefficient (Wildman–Crippen LogP) is 2.57. The van der Waals surface area contributed by atoms with Crippen molar-refractivity contribution in [3.05, 3.63) is 29.3 Å². The van der Waals surface area contributed by atoms with Gasteiger partial charge in [0.15, 0.2) is 0 Å². The topological polar surface area (TPSA) is 49.3 Å². The molecule has 1 amide bonds. The van der Waals surface area contributed by atoms with Gasteiger partial charge in [0.05, 0.1) is 0 Å². The molecule has 0 aromatic heterocycles. The van der Waals surface area contributed by atoms with Gasteiger partial charge in [0, 0.05) is 17.4 Å². The molecule has 1 unspecified atom stereocenters. The van der Waals surface area contributed by atoms with Crippen molar-refractivity contribution in [2.75, 3.05) is 12.8 Å². The summed E-state index contributed by atoms with van der Waals surface area (Å²) >= 11 is 1.79. The highest BCUT2D eigenvalue weighted by Crippen LogP contribution is 2.17. The zero-order valence-electron chi connectivity index (χ0n) is 10.5. The van der Waals surface area contributed by atoms with E-state index < -0.39 is 0 Å². The van der Waals surface area contributed by atoms with Crippen LogP contribution in [0, 0.1) is 6.92 Å². The molecule has 0 radical (unpaired) electrons. The summed E-state index contributed by atoms with van der Waals surface area (Å²) in [6.07, 6.45) is 3.01. The standard InChI is InChI=1S/C13H19NO2S/c1-9-4-5-11(8-12(9)15)13(16)14-7-6-10(2)17-3/h4-5,8,10,15H,6-7H2,1-3H3,(H,14,16). The normalized spacial score (nSPS) is 12.2. The fraction of sp³-hybridized carbons (Fsp3) is 0.462. The Morgan fingerprint density at radius 2 is 2.24 bits per heavy atom. The zero-order valence-corrected chi connectivity index (χ0v) is 11.3. The molecular weight excluding hydrogens is 234 g/mol. The van der Waals surface area contributed by atoms with Gasteiger partial charge in [-0.2, -0.15) is 11.8 Å². The summed E-state index contributed by atoms with van der Waals surface area (Å²) in [6, 6.07) is 4.97. The van der Waals surface area contributed by atoms with Gasteiger partial charge in [-0.1, -0.05) is 13.0 Å². The Morgan fingerprint density at radius 1 is 1.53 bits per heavy atom. The summed E-state index contributed by atoms with van der Waals surface area (Å²) in [7, 11) is 0. The summed E-state index contributed by atoms with van der Waals surface area (Å²) in [6.45, 7) is 4.60. The van der Waals surface area contributed by atoms with Crippen molar-refractivity contribution in [1.82, 2.24) is 5.32 Å². The number of nitrogens with one attached hydrogen (secondary N) is 1. The van der Waals surface area contributed by atoms with Crippen LogP contribution in [0.3, 0.4) is 0 Å². The van der Waals surface area contributed by atoms with E-state index in [0.29, 0.717) is 17.4 Å². The Morgan fingerprint density at radius 3 is 2.82 bits per heavy atom. The summed E-state index contributed by atoms with van der Waals surface area (Å²) in [4.78, 5) is 11.7. The lowest BCUT2D eigenvalue weighted by Gasteiger charge is -2.09. The van der Waals surface area contributed by atoms with E-state index in [1.54, 1.807) is 30.8 Å². The first kappa shape index (κ1) is 13.9. The quantitative estimate of drug-likeness (QED) is 0.848. The molecule has 1 aromatic rings. The van der Waals surface area contributed by atoms with Gasteiger partial charge in [-0.25, -0.2) is 0 Å². The van der Waals surface area contributed by atoms with Gasteiger partial charge < -0.3 is 10.4 Å². The monoisotopic (exact) mass is 253 g/mol. The summed E-state index contributed by atoms with van der Waals surface area (Å²) in [5, 5.41) is 12.9. The summed E-state index contributed by atoms with van der Waals surface area (Å²) in [5.41, 5.74) is 1.28. The van der Waals surface area contributed by atoms with Crippen molar-refractivity contribution < 1.29 is 9.90 Å². The van der Waals surface area contributed by atoms with Crippen LogP contribution in [-0.4, -0.2) is 29.1 Å². The molecule has 0 aliphatic heterocycles. The van der Waals surface area contributed by atoms with Gasteiger partial charge in [0.25, 0.3) is 5.91 Å². The number of rotatable bonds is 5. The predicted molar refractivity (Wildman–Crippen MR) is 72.8 cm³/mol. The fourth-order valence-corrected chi connectivity index (χ4v) is 1.71. The molecule has 4 heteroatoms. The maximum absolute atomic E-state index is 11.7. The van der Waals surface area contributed by atoms with E-state index in [-0.39, 0.29) is 11.7 Å². The second-order valence-corrected chi connectivity index (χ2v) is 5.37. The number of hydrogen-bond donors (Lipinski definition) is 2. The van der Waals surface area contributed by atoms with Crippen molar-refractivity contribution in [3.8, 4) is 5.75 Å². The molecule has 0 fully saturated rings. The Bertz CT molecular complexity index is 393. The Labute approximate surface area is 107 Å². The molecule has 1 aromatic carbocycles. The second-order valence-electron chi connectivity index (χ2n) is 4.09. The Hall–Kier alpha value is -1.16. The van der Waals surface area contributed by atoms with Crippen LogP contribution in [0.4, 0.5) is 0 Å². The van der Waals surface area contributed by atoms with Crippen molar-refractivity contribution in [1.29, 1.82) is 0 Å². The number of phenolic OH excluding ortho intramolecular Hbond substituents is 1. The first-order chi connectivity index (χ1) is 8.04. The van der Waals surface area contributed by atoms with Crippen LogP contribution in [-0.2, 0) is 0 Å². The average molecular weight is 253 g/mol. The molecule has 17 heavy (non-hydrogen) atoms. The number of carbonyl (C=O) groups excluding carboxylic acids is 1. The number of aryl methyl sites for hydroxylation is 1. The van der Waals surface area contributed by atoms with Crippen LogP contribution in [0.1, 0.15) is 29.3 Å². The maximum Gasteiger partial charge on any atom is 0.251 e. The van der Waals surface area contributed by atoms with Crippen LogP contribution < -0.4 is 5.32 Å². The van der Waals surface area contributed by atoms with E-state index in [1.165, 1.54) is 6.07 Å². The molecule has 0 aliphatic rings. The third kappa shape index (κ3) is 4.30. The van der Waals surface area contributed by atoms with Crippen molar-refractivity contribution in [3.63, 3.8) is 0 Å². The number of thioether (sulfide) groups is 1. The molecule has 0 aliphatic carbocycles. The minimum atomic E-state index is -0.131. The molecule has 2 N–H and O–H groups in total. The molecule has 0 spiro atoms. The van der Waals surface area contributed by atoms with Gasteiger partial charge >= 0.3 is 0 Å². The molecule has 3 nitrogen and oxygen atoms in total. The lowest BCUT2D eigenvalue weighted by molar-refractivity contribution is 0.0953. The zero-order chi connectivity index (χ0) is 12.8. The number of carbonyl (C=O) groups is 1. The highest BCUT2D eigenvalue weighted by Gasteiger charge is 2.07. The SMILES string of the molecule is CSC(C)CCNC(=O)c1ccc(C)c(O)c1.